The maximum Gasteiger partial charge on any atom is 0.269 e. The molecule has 2 rings (SSSR count). The van der Waals surface area contributed by atoms with Crippen LogP contribution >= 0.6 is 0 Å². The number of nitrogens with zero attached hydrogens (tertiary/aromatic N) is 1. The zero-order valence-electron chi connectivity index (χ0n) is 10.4. The van der Waals surface area contributed by atoms with Crippen molar-refractivity contribution in [2.24, 2.45) is 0 Å². The zero-order valence-corrected chi connectivity index (χ0v) is 10.4. The number of nitro benzene ring substituents is 1. The standard InChI is InChI=1S/C13H15NO5/c15-12(6-7-13-18-8-1-9-19-13)10-2-4-11(5-3-10)14(16)17/h2-5,13H,1,6-9H2. The Kier molecular flexibility index (Phi) is 4.59. The summed E-state index contributed by atoms with van der Waals surface area (Å²) in [6.45, 7) is 1.33. The molecule has 102 valence electrons. The van der Waals surface area contributed by atoms with E-state index in [0.717, 1.165) is 6.42 Å². The van der Waals surface area contributed by atoms with Crippen molar-refractivity contribution < 1.29 is 19.2 Å². The highest BCUT2D eigenvalue weighted by Gasteiger charge is 2.16. The third-order valence-corrected chi connectivity index (χ3v) is 2.90. The second-order valence-electron chi connectivity index (χ2n) is 4.29. The Hall–Kier alpha value is -1.79. The highest BCUT2D eigenvalue weighted by Crippen LogP contribution is 2.16. The van der Waals surface area contributed by atoms with Gasteiger partial charge in [-0.3, -0.25) is 14.9 Å². The zero-order chi connectivity index (χ0) is 13.7. The Morgan fingerprint density at radius 3 is 2.47 bits per heavy atom. The summed E-state index contributed by atoms with van der Waals surface area (Å²) in [5.74, 6) is -0.0623. The van der Waals surface area contributed by atoms with Gasteiger partial charge in [0, 0.05) is 30.5 Å². The molecule has 6 heteroatoms. The lowest BCUT2D eigenvalue weighted by Gasteiger charge is -2.22. The van der Waals surface area contributed by atoms with Gasteiger partial charge in [-0.05, 0) is 18.6 Å². The molecule has 1 saturated heterocycles. The van der Waals surface area contributed by atoms with E-state index in [1.165, 1.54) is 24.3 Å². The quantitative estimate of drug-likeness (QED) is 0.463. The molecule has 1 fully saturated rings. The maximum atomic E-state index is 11.9. The average molecular weight is 265 g/mol. The van der Waals surface area contributed by atoms with Crippen LogP contribution in [0.5, 0.6) is 0 Å². The molecule has 0 radical (unpaired) electrons. The summed E-state index contributed by atoms with van der Waals surface area (Å²) in [7, 11) is 0. The molecule has 0 aliphatic carbocycles. The predicted molar refractivity (Wildman–Crippen MR) is 67.0 cm³/mol. The van der Waals surface area contributed by atoms with Gasteiger partial charge in [-0.1, -0.05) is 0 Å². The minimum Gasteiger partial charge on any atom is -0.353 e. The highest BCUT2D eigenvalue weighted by molar-refractivity contribution is 5.96. The molecule has 6 nitrogen and oxygen atoms in total. The van der Waals surface area contributed by atoms with Crippen LogP contribution in [0.1, 0.15) is 29.6 Å². The molecule has 0 N–H and O–H groups in total. The number of hydrogen-bond acceptors (Lipinski definition) is 5. The van der Waals surface area contributed by atoms with Crippen molar-refractivity contribution in [3.8, 4) is 0 Å². The van der Waals surface area contributed by atoms with Gasteiger partial charge in [-0.2, -0.15) is 0 Å². The Morgan fingerprint density at radius 2 is 1.89 bits per heavy atom. The maximum absolute atomic E-state index is 11.9. The van der Waals surface area contributed by atoms with Crippen LogP contribution in [-0.2, 0) is 9.47 Å². The van der Waals surface area contributed by atoms with Crippen LogP contribution in [0.4, 0.5) is 5.69 Å². The minimum absolute atomic E-state index is 0.0181. The number of non-ortho nitro benzene ring substituents is 1. The van der Waals surface area contributed by atoms with Crippen LogP contribution in [0.2, 0.25) is 0 Å². The fourth-order valence-electron chi connectivity index (χ4n) is 1.87. The summed E-state index contributed by atoms with van der Waals surface area (Å²) in [5, 5.41) is 10.5. The van der Waals surface area contributed by atoms with Crippen LogP contribution < -0.4 is 0 Å². The molecule has 0 aromatic heterocycles. The molecule has 0 atom stereocenters. The van der Waals surface area contributed by atoms with Crippen molar-refractivity contribution in [2.45, 2.75) is 25.6 Å². The number of hydrogen-bond donors (Lipinski definition) is 0. The van der Waals surface area contributed by atoms with E-state index >= 15 is 0 Å². The number of carbonyl (C=O) groups is 1. The fraction of sp³-hybridized carbons (Fsp3) is 0.462. The third-order valence-electron chi connectivity index (χ3n) is 2.90. The van der Waals surface area contributed by atoms with Gasteiger partial charge in [0.25, 0.3) is 5.69 Å². The molecule has 0 spiro atoms. The lowest BCUT2D eigenvalue weighted by atomic mass is 10.1. The van der Waals surface area contributed by atoms with Crippen molar-refractivity contribution >= 4 is 11.5 Å². The van der Waals surface area contributed by atoms with Gasteiger partial charge in [-0.15, -0.1) is 0 Å². The van der Waals surface area contributed by atoms with E-state index in [4.69, 9.17) is 9.47 Å². The first-order valence-corrected chi connectivity index (χ1v) is 6.17. The first-order chi connectivity index (χ1) is 9.16. The normalized spacial score (nSPS) is 16.2. The molecular formula is C13H15NO5. The van der Waals surface area contributed by atoms with Gasteiger partial charge in [0.05, 0.1) is 18.1 Å². The van der Waals surface area contributed by atoms with E-state index in [-0.39, 0.29) is 17.8 Å². The van der Waals surface area contributed by atoms with Crippen molar-refractivity contribution in [1.29, 1.82) is 0 Å². The van der Waals surface area contributed by atoms with Crippen LogP contribution in [0.3, 0.4) is 0 Å². The molecule has 0 unspecified atom stereocenters. The third kappa shape index (κ3) is 3.84. The summed E-state index contributed by atoms with van der Waals surface area (Å²) in [6.07, 6.45) is 1.39. The number of benzene rings is 1. The Bertz CT molecular complexity index is 451. The largest absolute Gasteiger partial charge is 0.353 e. The summed E-state index contributed by atoms with van der Waals surface area (Å²) in [4.78, 5) is 21.9. The predicted octanol–water partition coefficient (Wildman–Crippen LogP) is 2.32. The molecule has 0 bridgehead atoms. The first-order valence-electron chi connectivity index (χ1n) is 6.17. The molecule has 19 heavy (non-hydrogen) atoms. The summed E-state index contributed by atoms with van der Waals surface area (Å²) < 4.78 is 10.7. The summed E-state index contributed by atoms with van der Waals surface area (Å²) in [6, 6.07) is 5.62. The smallest absolute Gasteiger partial charge is 0.269 e. The number of ether oxygens (including phenoxy) is 2. The van der Waals surface area contributed by atoms with Crippen LogP contribution in [-0.4, -0.2) is 30.2 Å². The molecule has 1 aromatic rings. The van der Waals surface area contributed by atoms with Crippen molar-refractivity contribution in [2.75, 3.05) is 13.2 Å². The highest BCUT2D eigenvalue weighted by atomic mass is 16.7. The SMILES string of the molecule is O=C(CCC1OCCCO1)c1ccc([N+](=O)[O-])cc1. The topological polar surface area (TPSA) is 78.7 Å². The summed E-state index contributed by atoms with van der Waals surface area (Å²) >= 11 is 0. The molecule has 1 aliphatic rings. The van der Waals surface area contributed by atoms with E-state index in [0.29, 0.717) is 31.6 Å². The van der Waals surface area contributed by atoms with Gasteiger partial charge >= 0.3 is 0 Å². The van der Waals surface area contributed by atoms with Crippen LogP contribution in [0, 0.1) is 10.1 Å². The molecule has 1 aromatic carbocycles. The Labute approximate surface area is 110 Å². The van der Waals surface area contributed by atoms with Crippen LogP contribution in [0.15, 0.2) is 24.3 Å². The van der Waals surface area contributed by atoms with Gasteiger partial charge < -0.3 is 9.47 Å². The van der Waals surface area contributed by atoms with Crippen LogP contribution in [0.25, 0.3) is 0 Å². The first kappa shape index (κ1) is 13.6. The average Bonchev–Trinajstić information content (AvgIpc) is 2.46. The monoisotopic (exact) mass is 265 g/mol. The number of carbonyl (C=O) groups excluding carboxylic acids is 1. The van der Waals surface area contributed by atoms with Gasteiger partial charge in [0.15, 0.2) is 12.1 Å². The van der Waals surface area contributed by atoms with E-state index in [1.54, 1.807) is 0 Å². The fourth-order valence-corrected chi connectivity index (χ4v) is 1.87. The summed E-state index contributed by atoms with van der Waals surface area (Å²) in [5.41, 5.74) is 0.455. The molecule has 0 saturated carbocycles. The number of ketones is 1. The Balaban J connectivity index is 1.86. The van der Waals surface area contributed by atoms with Crippen molar-refractivity contribution in [1.82, 2.24) is 0 Å². The van der Waals surface area contributed by atoms with E-state index in [9.17, 15) is 14.9 Å². The molecule has 1 heterocycles. The number of rotatable bonds is 5. The van der Waals surface area contributed by atoms with Gasteiger partial charge in [0.2, 0.25) is 0 Å². The van der Waals surface area contributed by atoms with E-state index in [1.807, 2.05) is 0 Å². The molecule has 0 amide bonds. The van der Waals surface area contributed by atoms with E-state index < -0.39 is 4.92 Å². The van der Waals surface area contributed by atoms with Gasteiger partial charge in [0.1, 0.15) is 0 Å². The minimum atomic E-state index is -0.488. The second-order valence-corrected chi connectivity index (χ2v) is 4.29. The van der Waals surface area contributed by atoms with Crippen molar-refractivity contribution in [3.05, 3.63) is 39.9 Å². The number of Topliss-reactive ketones (excluding diaryl/α,β-unsaturated/α-hetero) is 1. The number of nitro groups is 1. The van der Waals surface area contributed by atoms with Gasteiger partial charge in [-0.25, -0.2) is 0 Å². The molecular weight excluding hydrogens is 250 g/mol. The van der Waals surface area contributed by atoms with E-state index in [2.05, 4.69) is 0 Å². The lowest BCUT2D eigenvalue weighted by molar-refractivity contribution is -0.384. The Morgan fingerprint density at radius 1 is 1.26 bits per heavy atom. The molecule has 1 aliphatic heterocycles. The second kappa shape index (κ2) is 6.40. The van der Waals surface area contributed by atoms with Crippen molar-refractivity contribution in [3.63, 3.8) is 0 Å². The lowest BCUT2D eigenvalue weighted by Crippen LogP contribution is -2.25.